The maximum absolute atomic E-state index is 13.8. The van der Waals surface area contributed by atoms with Crippen LogP contribution >= 0.6 is 0 Å². The molecule has 1 N–H and O–H groups in total. The first-order valence-corrected chi connectivity index (χ1v) is 7.87. The smallest absolute Gasteiger partial charge is 0.308 e. The van der Waals surface area contributed by atoms with E-state index in [-0.39, 0.29) is 24.3 Å². The van der Waals surface area contributed by atoms with Gasteiger partial charge in [-0.05, 0) is 24.6 Å². The van der Waals surface area contributed by atoms with Gasteiger partial charge >= 0.3 is 5.97 Å². The molecule has 0 unspecified atom stereocenters. The number of rotatable bonds is 7. The molecule has 0 saturated carbocycles. The minimum Gasteiger partial charge on any atom is -0.466 e. The lowest BCUT2D eigenvalue weighted by Gasteiger charge is -2.18. The summed E-state index contributed by atoms with van der Waals surface area (Å²) in [6, 6.07) is 10.0. The quantitative estimate of drug-likeness (QED) is 0.465. The number of benzene rings is 2. The molecule has 136 valence electrons. The van der Waals surface area contributed by atoms with Crippen molar-refractivity contribution >= 4 is 17.6 Å². The minimum absolute atomic E-state index is 0.155. The van der Waals surface area contributed by atoms with Gasteiger partial charge in [-0.25, -0.2) is 4.39 Å². The first kappa shape index (κ1) is 19.0. The van der Waals surface area contributed by atoms with Crippen LogP contribution in [-0.4, -0.2) is 23.4 Å². The van der Waals surface area contributed by atoms with Gasteiger partial charge in [0, 0.05) is 12.1 Å². The molecule has 0 aliphatic rings. The summed E-state index contributed by atoms with van der Waals surface area (Å²) in [5, 5.41) is 13.5. The summed E-state index contributed by atoms with van der Waals surface area (Å²) < 4.78 is 18.7. The number of carbonyl (C=O) groups excluding carboxylic acids is 2. The first-order chi connectivity index (χ1) is 12.4. The highest BCUT2D eigenvalue weighted by atomic mass is 19.1. The zero-order valence-corrected chi connectivity index (χ0v) is 14.0. The fraction of sp³-hybridized carbons (Fsp3) is 0.222. The van der Waals surface area contributed by atoms with Gasteiger partial charge in [-0.15, -0.1) is 0 Å². The molecule has 0 radical (unpaired) electrons. The maximum Gasteiger partial charge on any atom is 0.308 e. The lowest BCUT2D eigenvalue weighted by molar-refractivity contribution is -0.384. The van der Waals surface area contributed by atoms with Crippen LogP contribution in [0.1, 0.15) is 35.3 Å². The third-order valence-corrected chi connectivity index (χ3v) is 3.58. The van der Waals surface area contributed by atoms with E-state index in [4.69, 9.17) is 4.74 Å². The zero-order valence-electron chi connectivity index (χ0n) is 14.0. The second-order valence-electron chi connectivity index (χ2n) is 5.37. The van der Waals surface area contributed by atoms with E-state index in [0.717, 1.165) is 6.07 Å². The number of esters is 1. The van der Waals surface area contributed by atoms with E-state index in [9.17, 15) is 24.1 Å². The summed E-state index contributed by atoms with van der Waals surface area (Å²) in [4.78, 5) is 34.6. The van der Waals surface area contributed by atoms with Crippen molar-refractivity contribution in [2.75, 3.05) is 6.61 Å². The van der Waals surface area contributed by atoms with E-state index < -0.39 is 28.7 Å². The Labute approximate surface area is 148 Å². The maximum atomic E-state index is 13.8. The molecule has 0 aromatic heterocycles. The third-order valence-electron chi connectivity index (χ3n) is 3.58. The largest absolute Gasteiger partial charge is 0.466 e. The molecular formula is C18H17FN2O5. The van der Waals surface area contributed by atoms with Crippen LogP contribution in [0.25, 0.3) is 0 Å². The summed E-state index contributed by atoms with van der Waals surface area (Å²) in [6.07, 6.45) is -0.241. The molecule has 0 spiro atoms. The van der Waals surface area contributed by atoms with Crippen molar-refractivity contribution in [1.29, 1.82) is 0 Å². The molecule has 0 saturated heterocycles. The summed E-state index contributed by atoms with van der Waals surface area (Å²) in [5.74, 6) is -2.03. The summed E-state index contributed by atoms with van der Waals surface area (Å²) in [7, 11) is 0. The fourth-order valence-corrected chi connectivity index (χ4v) is 2.38. The van der Waals surface area contributed by atoms with Crippen LogP contribution in [0.15, 0.2) is 48.5 Å². The molecular weight excluding hydrogens is 343 g/mol. The first-order valence-electron chi connectivity index (χ1n) is 7.87. The summed E-state index contributed by atoms with van der Waals surface area (Å²) in [5.41, 5.74) is -0.0276. The van der Waals surface area contributed by atoms with Crippen LogP contribution in [0.5, 0.6) is 0 Å². The molecule has 7 nitrogen and oxygen atoms in total. The average molecular weight is 360 g/mol. The number of nitro benzene ring substituents is 1. The van der Waals surface area contributed by atoms with Gasteiger partial charge in [0.05, 0.1) is 29.6 Å². The van der Waals surface area contributed by atoms with Crippen molar-refractivity contribution in [2.45, 2.75) is 19.4 Å². The van der Waals surface area contributed by atoms with Crippen LogP contribution in [0, 0.1) is 15.9 Å². The lowest BCUT2D eigenvalue weighted by atomic mass is 10.0. The van der Waals surface area contributed by atoms with Crippen molar-refractivity contribution < 1.29 is 23.6 Å². The SMILES string of the molecule is CCOC(=O)C[C@H](NC(=O)c1ccccc1F)c1cccc([N+](=O)[O-])c1. The van der Waals surface area contributed by atoms with E-state index in [1.165, 1.54) is 36.4 Å². The van der Waals surface area contributed by atoms with Crippen molar-refractivity contribution in [3.8, 4) is 0 Å². The van der Waals surface area contributed by atoms with E-state index in [2.05, 4.69) is 5.32 Å². The van der Waals surface area contributed by atoms with Gasteiger partial charge in [0.2, 0.25) is 0 Å². The van der Waals surface area contributed by atoms with Gasteiger partial charge in [0.25, 0.3) is 11.6 Å². The average Bonchev–Trinajstić information content (AvgIpc) is 2.61. The van der Waals surface area contributed by atoms with E-state index >= 15 is 0 Å². The van der Waals surface area contributed by atoms with Crippen molar-refractivity contribution in [3.05, 3.63) is 75.6 Å². The highest BCUT2D eigenvalue weighted by Crippen LogP contribution is 2.23. The molecule has 8 heteroatoms. The number of non-ortho nitro benzene ring substituents is 1. The molecule has 0 heterocycles. The molecule has 0 bridgehead atoms. The number of hydrogen-bond donors (Lipinski definition) is 1. The normalized spacial score (nSPS) is 11.5. The Kier molecular flexibility index (Phi) is 6.37. The molecule has 0 fully saturated rings. The summed E-state index contributed by atoms with van der Waals surface area (Å²) >= 11 is 0. The number of nitro groups is 1. The number of hydrogen-bond acceptors (Lipinski definition) is 5. The predicted octanol–water partition coefficient (Wildman–Crippen LogP) is 3.16. The molecule has 2 aromatic carbocycles. The van der Waals surface area contributed by atoms with Gasteiger partial charge in [-0.2, -0.15) is 0 Å². The number of amides is 1. The van der Waals surface area contributed by atoms with E-state index in [1.54, 1.807) is 13.0 Å². The van der Waals surface area contributed by atoms with Crippen molar-refractivity contribution in [2.24, 2.45) is 0 Å². The van der Waals surface area contributed by atoms with Gasteiger partial charge < -0.3 is 10.1 Å². The predicted molar refractivity (Wildman–Crippen MR) is 91.0 cm³/mol. The van der Waals surface area contributed by atoms with Crippen LogP contribution in [0.2, 0.25) is 0 Å². The standard InChI is InChI=1S/C18H17FN2O5/c1-2-26-17(22)11-16(12-6-5-7-13(10-12)21(24)25)20-18(23)14-8-3-4-9-15(14)19/h3-10,16H,2,11H2,1H3,(H,20,23)/t16-/m0/s1. The molecule has 2 aromatic rings. The van der Waals surface area contributed by atoms with Gasteiger partial charge in [0.15, 0.2) is 0 Å². The lowest BCUT2D eigenvalue weighted by Crippen LogP contribution is -2.31. The number of carbonyl (C=O) groups is 2. The zero-order chi connectivity index (χ0) is 19.1. The topological polar surface area (TPSA) is 98.5 Å². The van der Waals surface area contributed by atoms with E-state index in [1.807, 2.05) is 0 Å². The number of halogens is 1. The minimum atomic E-state index is -0.902. The second-order valence-corrected chi connectivity index (χ2v) is 5.37. The van der Waals surface area contributed by atoms with Crippen molar-refractivity contribution in [3.63, 3.8) is 0 Å². The molecule has 1 amide bonds. The Hall–Kier alpha value is -3.29. The molecule has 26 heavy (non-hydrogen) atoms. The van der Waals surface area contributed by atoms with Gasteiger partial charge in [-0.3, -0.25) is 19.7 Å². The third kappa shape index (κ3) is 4.85. The van der Waals surface area contributed by atoms with Crippen LogP contribution in [0.4, 0.5) is 10.1 Å². The number of nitrogens with one attached hydrogen (secondary N) is 1. The second kappa shape index (κ2) is 8.70. The molecule has 2 rings (SSSR count). The number of ether oxygens (including phenoxy) is 1. The highest BCUT2D eigenvalue weighted by Gasteiger charge is 2.23. The molecule has 1 atom stereocenters. The molecule has 0 aliphatic heterocycles. The van der Waals surface area contributed by atoms with Crippen LogP contribution < -0.4 is 5.32 Å². The Morgan fingerprint density at radius 1 is 1.23 bits per heavy atom. The van der Waals surface area contributed by atoms with Crippen LogP contribution in [0.3, 0.4) is 0 Å². The van der Waals surface area contributed by atoms with Gasteiger partial charge in [0.1, 0.15) is 5.82 Å². The Morgan fingerprint density at radius 3 is 2.62 bits per heavy atom. The van der Waals surface area contributed by atoms with E-state index in [0.29, 0.717) is 5.56 Å². The fourth-order valence-electron chi connectivity index (χ4n) is 2.38. The monoisotopic (exact) mass is 360 g/mol. The Bertz CT molecular complexity index is 825. The highest BCUT2D eigenvalue weighted by molar-refractivity contribution is 5.95. The molecule has 0 aliphatic carbocycles. The number of nitrogens with zero attached hydrogens (tertiary/aromatic N) is 1. The summed E-state index contributed by atoms with van der Waals surface area (Å²) in [6.45, 7) is 1.79. The Morgan fingerprint density at radius 2 is 1.96 bits per heavy atom. The van der Waals surface area contributed by atoms with Crippen molar-refractivity contribution in [1.82, 2.24) is 5.32 Å². The Balaban J connectivity index is 2.30. The van der Waals surface area contributed by atoms with Crippen LogP contribution in [-0.2, 0) is 9.53 Å². The van der Waals surface area contributed by atoms with Gasteiger partial charge in [-0.1, -0.05) is 24.3 Å².